The molecule has 4 N–H and O–H groups in total. The van der Waals surface area contributed by atoms with E-state index >= 15 is 0 Å². The molecule has 0 radical (unpaired) electrons. The first-order chi connectivity index (χ1) is 13.7. The molecule has 9 heteroatoms. The van der Waals surface area contributed by atoms with Crippen molar-refractivity contribution in [2.75, 3.05) is 12.4 Å². The SMILES string of the molecule is C=N/C(N)=C\C(=N/C)Nc1cc(C)c2n(c1=O)C(C)(c1cccc(Cl)c1)NC2=O. The highest BCUT2D eigenvalue weighted by molar-refractivity contribution is 6.30. The van der Waals surface area contributed by atoms with Gasteiger partial charge in [0.25, 0.3) is 11.5 Å². The van der Waals surface area contributed by atoms with Crippen LogP contribution in [0.2, 0.25) is 5.02 Å². The highest BCUT2D eigenvalue weighted by Crippen LogP contribution is 2.32. The molecule has 0 spiro atoms. The molecule has 8 nitrogen and oxygen atoms in total. The molecule has 1 unspecified atom stereocenters. The Morgan fingerprint density at radius 3 is 2.72 bits per heavy atom. The molecule has 1 aliphatic heterocycles. The Balaban J connectivity index is 2.19. The Kier molecular flexibility index (Phi) is 5.30. The number of nitrogens with zero attached hydrogens (tertiary/aromatic N) is 3. The van der Waals surface area contributed by atoms with Crippen molar-refractivity contribution in [3.05, 3.63) is 74.4 Å². The van der Waals surface area contributed by atoms with Gasteiger partial charge in [-0.15, -0.1) is 0 Å². The van der Waals surface area contributed by atoms with Crippen molar-refractivity contribution < 1.29 is 4.79 Å². The molecule has 29 heavy (non-hydrogen) atoms. The Bertz CT molecular complexity index is 1130. The third-order valence-electron chi connectivity index (χ3n) is 4.77. The minimum Gasteiger partial charge on any atom is -0.384 e. The van der Waals surface area contributed by atoms with Crippen molar-refractivity contribution in [3.8, 4) is 0 Å². The zero-order chi connectivity index (χ0) is 21.3. The van der Waals surface area contributed by atoms with Gasteiger partial charge in [-0.05, 0) is 49.9 Å². The van der Waals surface area contributed by atoms with Gasteiger partial charge in [0, 0.05) is 18.1 Å². The molecular formula is C20H21ClN6O2. The first-order valence-electron chi connectivity index (χ1n) is 8.74. The fourth-order valence-electron chi connectivity index (χ4n) is 3.35. The smallest absolute Gasteiger partial charge is 0.277 e. The average molecular weight is 413 g/mol. The molecule has 150 valence electrons. The summed E-state index contributed by atoms with van der Waals surface area (Å²) in [4.78, 5) is 33.7. The lowest BCUT2D eigenvalue weighted by molar-refractivity contribution is 0.0941. The maximum absolute atomic E-state index is 13.4. The zero-order valence-electron chi connectivity index (χ0n) is 16.3. The minimum absolute atomic E-state index is 0.150. The number of benzene rings is 1. The summed E-state index contributed by atoms with van der Waals surface area (Å²) in [6.07, 6.45) is 1.46. The number of aromatic nitrogens is 1. The number of hydrogen-bond acceptors (Lipinski definition) is 5. The molecule has 1 aromatic heterocycles. The van der Waals surface area contributed by atoms with Crippen LogP contribution in [0.4, 0.5) is 5.69 Å². The molecule has 1 aliphatic rings. The van der Waals surface area contributed by atoms with E-state index in [1.165, 1.54) is 10.6 Å². The standard InChI is InChI=1S/C20H21ClN6O2/c1-11-8-14(25-16(24-4)10-15(22)23-3)19(29)27-17(11)18(28)26-20(27,2)12-6-5-7-13(21)9-12/h5-10H,3,22H2,1-2,4H3,(H,24,25)(H,26,28)/b15-10-. The predicted octanol–water partition coefficient (Wildman–Crippen LogP) is 2.22. The first kappa shape index (κ1) is 20.3. The number of pyridine rings is 1. The molecule has 1 atom stereocenters. The summed E-state index contributed by atoms with van der Waals surface area (Å²) >= 11 is 6.14. The molecule has 0 fully saturated rings. The van der Waals surface area contributed by atoms with E-state index in [0.717, 1.165) is 0 Å². The number of rotatable bonds is 4. The topological polar surface area (TPSA) is 114 Å². The summed E-state index contributed by atoms with van der Waals surface area (Å²) in [6.45, 7) is 6.87. The van der Waals surface area contributed by atoms with Gasteiger partial charge in [-0.3, -0.25) is 19.1 Å². The Labute approximate surface area is 172 Å². The number of nitrogens with one attached hydrogen (secondary N) is 2. The van der Waals surface area contributed by atoms with Crippen LogP contribution in [0, 0.1) is 6.92 Å². The fourth-order valence-corrected chi connectivity index (χ4v) is 3.54. The van der Waals surface area contributed by atoms with E-state index in [-0.39, 0.29) is 17.4 Å². The zero-order valence-corrected chi connectivity index (χ0v) is 17.0. The Hall–Kier alpha value is -3.39. The maximum atomic E-state index is 13.4. The van der Waals surface area contributed by atoms with E-state index < -0.39 is 11.2 Å². The molecule has 2 heterocycles. The highest BCUT2D eigenvalue weighted by atomic mass is 35.5. The van der Waals surface area contributed by atoms with E-state index in [9.17, 15) is 9.59 Å². The van der Waals surface area contributed by atoms with E-state index in [1.54, 1.807) is 51.2 Å². The number of amides is 1. The number of halogens is 1. The van der Waals surface area contributed by atoms with Crippen molar-refractivity contribution in [1.29, 1.82) is 0 Å². The van der Waals surface area contributed by atoms with Crippen molar-refractivity contribution in [2.45, 2.75) is 19.5 Å². The quantitative estimate of drug-likeness (QED) is 0.527. The van der Waals surface area contributed by atoms with Gasteiger partial charge in [0.1, 0.15) is 28.7 Å². The van der Waals surface area contributed by atoms with E-state index in [4.69, 9.17) is 17.3 Å². The molecule has 3 rings (SSSR count). The van der Waals surface area contributed by atoms with Crippen LogP contribution < -0.4 is 21.9 Å². The minimum atomic E-state index is -1.10. The third kappa shape index (κ3) is 3.54. The fraction of sp³-hybridized carbons (Fsp3) is 0.200. The second-order valence-corrected chi connectivity index (χ2v) is 7.16. The third-order valence-corrected chi connectivity index (χ3v) is 5.00. The molecule has 0 saturated heterocycles. The van der Waals surface area contributed by atoms with Crippen LogP contribution in [0.5, 0.6) is 0 Å². The summed E-state index contributed by atoms with van der Waals surface area (Å²) in [6, 6.07) is 8.63. The lowest BCUT2D eigenvalue weighted by atomic mass is 10.0. The second-order valence-electron chi connectivity index (χ2n) is 6.73. The van der Waals surface area contributed by atoms with Crippen LogP contribution in [0.15, 0.2) is 57.0 Å². The number of carbonyl (C=O) groups is 1. The number of aryl methyl sites for hydroxylation is 1. The van der Waals surface area contributed by atoms with Crippen molar-refractivity contribution >= 4 is 35.7 Å². The Morgan fingerprint density at radius 1 is 1.38 bits per heavy atom. The lowest BCUT2D eigenvalue weighted by Crippen LogP contribution is -2.46. The predicted molar refractivity (Wildman–Crippen MR) is 116 cm³/mol. The molecule has 0 bridgehead atoms. The van der Waals surface area contributed by atoms with E-state index in [1.807, 2.05) is 0 Å². The number of aliphatic imine (C=N–C) groups is 2. The van der Waals surface area contributed by atoms with Crippen LogP contribution in [0.25, 0.3) is 0 Å². The lowest BCUT2D eigenvalue weighted by Gasteiger charge is -2.28. The number of anilines is 1. The van der Waals surface area contributed by atoms with Gasteiger partial charge < -0.3 is 16.4 Å². The first-order valence-corrected chi connectivity index (χ1v) is 9.12. The average Bonchev–Trinajstić information content (AvgIpc) is 2.97. The number of carbonyl (C=O) groups excluding carboxylic acids is 1. The molecule has 0 saturated carbocycles. The largest absolute Gasteiger partial charge is 0.384 e. The van der Waals surface area contributed by atoms with Gasteiger partial charge in [0.15, 0.2) is 0 Å². The van der Waals surface area contributed by atoms with Gasteiger partial charge in [-0.25, -0.2) is 4.99 Å². The number of amidine groups is 1. The van der Waals surface area contributed by atoms with Gasteiger partial charge >= 0.3 is 0 Å². The van der Waals surface area contributed by atoms with Crippen molar-refractivity contribution in [2.24, 2.45) is 15.7 Å². The monoisotopic (exact) mass is 412 g/mol. The van der Waals surface area contributed by atoms with Gasteiger partial charge in [-0.1, -0.05) is 23.7 Å². The molecular weight excluding hydrogens is 392 g/mol. The molecule has 1 aromatic carbocycles. The van der Waals surface area contributed by atoms with E-state index in [2.05, 4.69) is 27.3 Å². The molecule has 2 aromatic rings. The summed E-state index contributed by atoms with van der Waals surface area (Å²) in [5.41, 5.74) is 6.02. The van der Waals surface area contributed by atoms with E-state index in [0.29, 0.717) is 27.7 Å². The van der Waals surface area contributed by atoms with Crippen LogP contribution in [-0.2, 0) is 5.66 Å². The number of fused-ring (bicyclic) bond motifs is 1. The van der Waals surface area contributed by atoms with Crippen LogP contribution in [0.3, 0.4) is 0 Å². The summed E-state index contributed by atoms with van der Waals surface area (Å²) in [5, 5.41) is 6.37. The normalized spacial score (nSPS) is 19.0. The van der Waals surface area contributed by atoms with Crippen LogP contribution in [0.1, 0.15) is 28.5 Å². The summed E-state index contributed by atoms with van der Waals surface area (Å²) in [5.74, 6) is 0.142. The number of nitrogens with two attached hydrogens (primary N) is 1. The molecule has 1 amide bonds. The van der Waals surface area contributed by atoms with Crippen LogP contribution in [-0.4, -0.2) is 30.1 Å². The number of hydrogen-bond donors (Lipinski definition) is 3. The van der Waals surface area contributed by atoms with Gasteiger partial charge in [-0.2, -0.15) is 0 Å². The van der Waals surface area contributed by atoms with Crippen molar-refractivity contribution in [3.63, 3.8) is 0 Å². The maximum Gasteiger partial charge on any atom is 0.277 e. The molecule has 0 aliphatic carbocycles. The van der Waals surface area contributed by atoms with Gasteiger partial charge in [0.2, 0.25) is 0 Å². The van der Waals surface area contributed by atoms with Gasteiger partial charge in [0.05, 0.1) is 0 Å². The van der Waals surface area contributed by atoms with Crippen molar-refractivity contribution in [1.82, 2.24) is 9.88 Å². The summed E-state index contributed by atoms with van der Waals surface area (Å²) in [7, 11) is 1.55. The Morgan fingerprint density at radius 2 is 2.10 bits per heavy atom. The van der Waals surface area contributed by atoms with Crippen LogP contribution >= 0.6 is 11.6 Å². The highest BCUT2D eigenvalue weighted by Gasteiger charge is 2.42. The second kappa shape index (κ2) is 7.56. The summed E-state index contributed by atoms with van der Waals surface area (Å²) < 4.78 is 1.44.